The predicted molar refractivity (Wildman–Crippen MR) is 112 cm³/mol. The van der Waals surface area contributed by atoms with E-state index in [1.54, 1.807) is 23.1 Å². The molecular weight excluding hydrogens is 392 g/mol. The van der Waals surface area contributed by atoms with E-state index in [2.05, 4.69) is 33.8 Å². The maximum Gasteiger partial charge on any atom is 0.254 e. The Hall–Kier alpha value is -2.16. The molecule has 1 amide bonds. The lowest BCUT2D eigenvalue weighted by molar-refractivity contribution is 0.0303. The second-order valence-corrected chi connectivity index (χ2v) is 8.31. The molecule has 8 heteroatoms. The monoisotopic (exact) mass is 414 g/mol. The highest BCUT2D eigenvalue weighted by Crippen LogP contribution is 2.29. The van der Waals surface area contributed by atoms with Crippen molar-refractivity contribution in [3.8, 4) is 10.7 Å². The second-order valence-electron chi connectivity index (χ2n) is 6.42. The fraction of sp³-hybridized carbons (Fsp3) is 0.350. The molecule has 0 bridgehead atoms. The Labute approximate surface area is 172 Å². The molecule has 3 heterocycles. The summed E-state index contributed by atoms with van der Waals surface area (Å²) in [4.78, 5) is 15.7. The summed E-state index contributed by atoms with van der Waals surface area (Å²) in [5.74, 6) is 1.73. The van der Waals surface area contributed by atoms with Gasteiger partial charge in [0.2, 0.25) is 0 Å². The molecule has 1 aromatic carbocycles. The molecule has 0 radical (unpaired) electrons. The van der Waals surface area contributed by atoms with E-state index in [1.165, 1.54) is 0 Å². The number of hydrogen-bond acceptors (Lipinski definition) is 6. The van der Waals surface area contributed by atoms with Crippen LogP contribution in [0.15, 0.2) is 46.9 Å². The Kier molecular flexibility index (Phi) is 6.09. The van der Waals surface area contributed by atoms with Crippen molar-refractivity contribution in [1.29, 1.82) is 0 Å². The third-order valence-corrected chi connectivity index (χ3v) is 6.52. The van der Waals surface area contributed by atoms with E-state index in [9.17, 15) is 4.79 Å². The number of amides is 1. The van der Waals surface area contributed by atoms with E-state index >= 15 is 0 Å². The van der Waals surface area contributed by atoms with Crippen LogP contribution in [0.3, 0.4) is 0 Å². The number of benzene rings is 1. The van der Waals surface area contributed by atoms with E-state index in [4.69, 9.17) is 4.74 Å². The zero-order valence-electron chi connectivity index (χ0n) is 15.7. The normalized spacial score (nSPS) is 14.4. The third kappa shape index (κ3) is 4.14. The van der Waals surface area contributed by atoms with Crippen molar-refractivity contribution in [2.75, 3.05) is 26.3 Å². The molecule has 1 aliphatic heterocycles. The van der Waals surface area contributed by atoms with E-state index in [0.29, 0.717) is 26.3 Å². The van der Waals surface area contributed by atoms with Crippen LogP contribution in [0, 0.1) is 0 Å². The first-order chi connectivity index (χ1) is 13.8. The van der Waals surface area contributed by atoms with Crippen molar-refractivity contribution in [2.45, 2.75) is 24.4 Å². The Morgan fingerprint density at radius 3 is 2.82 bits per heavy atom. The van der Waals surface area contributed by atoms with E-state index in [-0.39, 0.29) is 5.91 Å². The van der Waals surface area contributed by atoms with Gasteiger partial charge in [-0.3, -0.25) is 4.79 Å². The van der Waals surface area contributed by atoms with Crippen molar-refractivity contribution >= 4 is 29.0 Å². The van der Waals surface area contributed by atoms with Gasteiger partial charge < -0.3 is 14.2 Å². The van der Waals surface area contributed by atoms with E-state index in [0.717, 1.165) is 39.3 Å². The fourth-order valence-electron chi connectivity index (χ4n) is 3.16. The lowest BCUT2D eigenvalue weighted by Gasteiger charge is -2.27. The number of thiophene rings is 1. The molecule has 1 fully saturated rings. The molecule has 1 saturated heterocycles. The summed E-state index contributed by atoms with van der Waals surface area (Å²) in [6.45, 7) is 5.46. The van der Waals surface area contributed by atoms with Gasteiger partial charge in [0.1, 0.15) is 0 Å². The number of carbonyl (C=O) groups is 1. The molecule has 1 aliphatic rings. The number of ether oxygens (including phenoxy) is 1. The van der Waals surface area contributed by atoms with Crippen molar-refractivity contribution < 1.29 is 9.53 Å². The fourth-order valence-corrected chi connectivity index (χ4v) is 4.82. The average Bonchev–Trinajstić information content (AvgIpc) is 3.42. The number of carbonyl (C=O) groups excluding carboxylic acids is 1. The zero-order valence-corrected chi connectivity index (χ0v) is 17.3. The van der Waals surface area contributed by atoms with Crippen LogP contribution >= 0.6 is 23.1 Å². The number of thioether (sulfide) groups is 1. The highest BCUT2D eigenvalue weighted by molar-refractivity contribution is 7.98. The molecule has 0 atom stereocenters. The summed E-state index contributed by atoms with van der Waals surface area (Å²) < 4.78 is 7.47. The zero-order chi connectivity index (χ0) is 19.3. The number of morpholine rings is 1. The molecule has 0 saturated carbocycles. The maximum atomic E-state index is 12.7. The molecule has 0 spiro atoms. The van der Waals surface area contributed by atoms with Crippen LogP contribution in [0.5, 0.6) is 0 Å². The van der Waals surface area contributed by atoms with Crippen LogP contribution in [-0.2, 0) is 17.0 Å². The maximum absolute atomic E-state index is 12.7. The largest absolute Gasteiger partial charge is 0.378 e. The van der Waals surface area contributed by atoms with Gasteiger partial charge in [-0.15, -0.1) is 21.5 Å². The molecule has 4 rings (SSSR count). The van der Waals surface area contributed by atoms with Crippen molar-refractivity contribution in [3.05, 3.63) is 52.9 Å². The first-order valence-electron chi connectivity index (χ1n) is 9.32. The van der Waals surface area contributed by atoms with E-state index in [1.807, 2.05) is 34.5 Å². The molecule has 146 valence electrons. The predicted octanol–water partition coefficient (Wildman–Crippen LogP) is 3.79. The smallest absolute Gasteiger partial charge is 0.254 e. The summed E-state index contributed by atoms with van der Waals surface area (Å²) in [5.41, 5.74) is 1.84. The Morgan fingerprint density at radius 1 is 1.21 bits per heavy atom. The Morgan fingerprint density at radius 2 is 2.07 bits per heavy atom. The molecule has 6 nitrogen and oxygen atoms in total. The molecule has 0 unspecified atom stereocenters. The summed E-state index contributed by atoms with van der Waals surface area (Å²) in [5, 5.41) is 11.7. The number of rotatable bonds is 6. The molecule has 0 N–H and O–H groups in total. The van der Waals surface area contributed by atoms with Crippen molar-refractivity contribution in [3.63, 3.8) is 0 Å². The first-order valence-corrected chi connectivity index (χ1v) is 11.2. The van der Waals surface area contributed by atoms with Crippen molar-refractivity contribution in [2.24, 2.45) is 0 Å². The first kappa shape index (κ1) is 19.2. The summed E-state index contributed by atoms with van der Waals surface area (Å²) in [6.07, 6.45) is 0. The second kappa shape index (κ2) is 8.89. The summed E-state index contributed by atoms with van der Waals surface area (Å²) in [7, 11) is 0. The molecule has 28 heavy (non-hydrogen) atoms. The Bertz CT molecular complexity index is 934. The van der Waals surface area contributed by atoms with Gasteiger partial charge in [-0.2, -0.15) is 0 Å². The molecule has 2 aromatic heterocycles. The summed E-state index contributed by atoms with van der Waals surface area (Å²) >= 11 is 3.32. The molecule has 3 aromatic rings. The van der Waals surface area contributed by atoms with Gasteiger partial charge in [-0.25, -0.2) is 0 Å². The van der Waals surface area contributed by atoms with Crippen LogP contribution in [-0.4, -0.2) is 51.9 Å². The van der Waals surface area contributed by atoms with Crippen LogP contribution in [0.1, 0.15) is 22.8 Å². The highest BCUT2D eigenvalue weighted by Gasteiger charge is 2.19. The van der Waals surface area contributed by atoms with Crippen LogP contribution in [0.25, 0.3) is 10.7 Å². The topological polar surface area (TPSA) is 60.2 Å². The number of aromatic nitrogens is 3. The minimum atomic E-state index is 0.0758. The van der Waals surface area contributed by atoms with E-state index < -0.39 is 0 Å². The van der Waals surface area contributed by atoms with Gasteiger partial charge in [-0.1, -0.05) is 30.0 Å². The average molecular weight is 415 g/mol. The van der Waals surface area contributed by atoms with Crippen LogP contribution in [0.4, 0.5) is 0 Å². The van der Waals surface area contributed by atoms with Gasteiger partial charge in [0.15, 0.2) is 11.0 Å². The standard InChI is InChI=1S/C20H22N4O2S2/c1-2-24-18(17-7-4-12-27-17)21-22-20(24)28-14-15-5-3-6-16(13-15)19(25)23-8-10-26-11-9-23/h3-7,12-13H,2,8-11,14H2,1H3. The Balaban J connectivity index is 1.46. The van der Waals surface area contributed by atoms with Gasteiger partial charge in [-0.05, 0) is 36.1 Å². The van der Waals surface area contributed by atoms with Gasteiger partial charge in [0, 0.05) is 31.0 Å². The molecule has 0 aliphatic carbocycles. The number of hydrogen-bond donors (Lipinski definition) is 0. The SMILES string of the molecule is CCn1c(SCc2cccc(C(=O)N3CCOCC3)c2)nnc1-c1cccs1. The lowest BCUT2D eigenvalue weighted by atomic mass is 10.1. The van der Waals surface area contributed by atoms with Crippen molar-refractivity contribution in [1.82, 2.24) is 19.7 Å². The lowest BCUT2D eigenvalue weighted by Crippen LogP contribution is -2.40. The van der Waals surface area contributed by atoms with Gasteiger partial charge >= 0.3 is 0 Å². The molecular formula is C20H22N4O2S2. The third-order valence-electron chi connectivity index (χ3n) is 4.61. The highest BCUT2D eigenvalue weighted by atomic mass is 32.2. The minimum absolute atomic E-state index is 0.0758. The van der Waals surface area contributed by atoms with Crippen LogP contribution in [0.2, 0.25) is 0 Å². The number of nitrogens with zero attached hydrogens (tertiary/aromatic N) is 4. The van der Waals surface area contributed by atoms with Gasteiger partial charge in [0.05, 0.1) is 18.1 Å². The summed E-state index contributed by atoms with van der Waals surface area (Å²) in [6, 6.07) is 12.0. The minimum Gasteiger partial charge on any atom is -0.378 e. The van der Waals surface area contributed by atoms with Crippen LogP contribution < -0.4 is 0 Å². The quantitative estimate of drug-likeness (QED) is 0.575. The van der Waals surface area contributed by atoms with Gasteiger partial charge in [0.25, 0.3) is 5.91 Å².